The van der Waals surface area contributed by atoms with Gasteiger partial charge in [-0.05, 0) is 31.4 Å². The van der Waals surface area contributed by atoms with Gasteiger partial charge in [0, 0.05) is 51.9 Å². The summed E-state index contributed by atoms with van der Waals surface area (Å²) < 4.78 is 0. The van der Waals surface area contributed by atoms with Crippen LogP contribution in [0.5, 0.6) is 0 Å². The first-order valence-electron chi connectivity index (χ1n) is 12.2. The zero-order valence-electron chi connectivity index (χ0n) is 20.0. The van der Waals surface area contributed by atoms with Crippen LogP contribution in [0.25, 0.3) is 0 Å². The van der Waals surface area contributed by atoms with Crippen molar-refractivity contribution < 1.29 is 14.4 Å². The van der Waals surface area contributed by atoms with E-state index in [-0.39, 0.29) is 36.3 Å². The maximum absolute atomic E-state index is 13.7. The van der Waals surface area contributed by atoms with Crippen molar-refractivity contribution >= 4 is 23.4 Å². The number of hydrogen-bond acceptors (Lipinski definition) is 7. The lowest BCUT2D eigenvalue weighted by Gasteiger charge is -2.44. The molecule has 4 aliphatic rings. The summed E-state index contributed by atoms with van der Waals surface area (Å²) in [6.45, 7) is 3.08. The van der Waals surface area contributed by atoms with Gasteiger partial charge in [-0.25, -0.2) is 5.43 Å². The number of anilines is 1. The molecule has 4 aliphatic heterocycles. The lowest BCUT2D eigenvalue weighted by atomic mass is 9.83. The molecule has 4 saturated heterocycles. The third-order valence-corrected chi connectivity index (χ3v) is 7.92. The molecule has 3 amide bonds. The molecule has 184 valence electrons. The van der Waals surface area contributed by atoms with Gasteiger partial charge in [-0.3, -0.25) is 25.1 Å². The van der Waals surface area contributed by atoms with Gasteiger partial charge in [0.1, 0.15) is 12.1 Å². The van der Waals surface area contributed by atoms with Crippen LogP contribution in [-0.4, -0.2) is 97.6 Å². The third kappa shape index (κ3) is 4.03. The van der Waals surface area contributed by atoms with Crippen molar-refractivity contribution in [2.75, 3.05) is 58.4 Å². The van der Waals surface area contributed by atoms with Crippen molar-refractivity contribution in [2.45, 2.75) is 31.0 Å². The fraction of sp³-hybridized carbons (Fsp3) is 0.625. The Balaban J connectivity index is 1.31. The van der Waals surface area contributed by atoms with E-state index in [1.807, 2.05) is 35.2 Å². The number of benzene rings is 1. The fourth-order valence-electron chi connectivity index (χ4n) is 5.86. The molecule has 0 radical (unpaired) electrons. The Morgan fingerprint density at radius 1 is 1.12 bits per heavy atom. The van der Waals surface area contributed by atoms with Gasteiger partial charge in [-0.2, -0.15) is 0 Å². The highest BCUT2D eigenvalue weighted by atomic mass is 16.2. The number of rotatable bonds is 4. The SMILES string of the molecule is CN(C)C(=O)CN1CN(c2ccccc2)C2(CCN(C(=O)C3CNC4NNCC4C3)CC2)C1=O. The summed E-state index contributed by atoms with van der Waals surface area (Å²) in [5.74, 6) is 0.459. The molecule has 10 heteroatoms. The van der Waals surface area contributed by atoms with E-state index in [4.69, 9.17) is 0 Å². The van der Waals surface area contributed by atoms with Crippen molar-refractivity contribution in [1.29, 1.82) is 0 Å². The first-order chi connectivity index (χ1) is 16.4. The summed E-state index contributed by atoms with van der Waals surface area (Å²) in [7, 11) is 3.41. The number of amides is 3. The first-order valence-corrected chi connectivity index (χ1v) is 12.2. The lowest BCUT2D eigenvalue weighted by molar-refractivity contribution is -0.143. The number of piperidine rings is 2. The molecule has 4 fully saturated rings. The monoisotopic (exact) mass is 469 g/mol. The van der Waals surface area contributed by atoms with Crippen molar-refractivity contribution in [3.63, 3.8) is 0 Å². The highest BCUT2D eigenvalue weighted by Crippen LogP contribution is 2.40. The minimum absolute atomic E-state index is 0.0102. The van der Waals surface area contributed by atoms with E-state index in [0.717, 1.165) is 18.7 Å². The van der Waals surface area contributed by atoms with Gasteiger partial charge in [0.2, 0.25) is 11.8 Å². The van der Waals surface area contributed by atoms with Gasteiger partial charge in [0.05, 0.1) is 18.8 Å². The van der Waals surface area contributed by atoms with Gasteiger partial charge < -0.3 is 19.6 Å². The zero-order chi connectivity index (χ0) is 23.9. The molecule has 3 unspecified atom stereocenters. The lowest BCUT2D eigenvalue weighted by Crippen LogP contribution is -2.59. The second kappa shape index (κ2) is 9.16. The Hall–Kier alpha value is -2.69. The number of carbonyl (C=O) groups is 3. The molecule has 10 nitrogen and oxygen atoms in total. The summed E-state index contributed by atoms with van der Waals surface area (Å²) in [5.41, 5.74) is 6.64. The average molecular weight is 470 g/mol. The topological polar surface area (TPSA) is 100 Å². The highest BCUT2D eigenvalue weighted by molar-refractivity contribution is 5.96. The molecule has 4 heterocycles. The van der Waals surface area contributed by atoms with Crippen LogP contribution in [-0.2, 0) is 14.4 Å². The number of hydrazine groups is 1. The first kappa shape index (κ1) is 23.1. The molecular weight excluding hydrogens is 434 g/mol. The number of nitrogens with zero attached hydrogens (tertiary/aromatic N) is 4. The number of para-hydroxylation sites is 1. The zero-order valence-corrected chi connectivity index (χ0v) is 20.0. The van der Waals surface area contributed by atoms with Crippen LogP contribution in [0.4, 0.5) is 5.69 Å². The largest absolute Gasteiger partial charge is 0.347 e. The van der Waals surface area contributed by atoms with Crippen molar-refractivity contribution in [3.05, 3.63) is 30.3 Å². The van der Waals surface area contributed by atoms with E-state index in [9.17, 15) is 14.4 Å². The standard InChI is InChI=1S/C24H35N7O3/c1-28(2)20(32)15-30-16-31(19-6-4-3-5-7-19)24(23(30)34)8-10-29(11-9-24)22(33)18-12-17-14-26-27-21(17)25-13-18/h3-7,17-18,21,25-27H,8-16H2,1-2H3. The summed E-state index contributed by atoms with van der Waals surface area (Å²) in [6, 6.07) is 9.92. The summed E-state index contributed by atoms with van der Waals surface area (Å²) >= 11 is 0. The highest BCUT2D eigenvalue weighted by Gasteiger charge is 2.54. The Bertz CT molecular complexity index is 932. The summed E-state index contributed by atoms with van der Waals surface area (Å²) in [6.07, 6.45) is 2.23. The van der Waals surface area contributed by atoms with E-state index in [0.29, 0.717) is 45.1 Å². The van der Waals surface area contributed by atoms with Crippen LogP contribution in [0, 0.1) is 11.8 Å². The van der Waals surface area contributed by atoms with Crippen LogP contribution in [0.15, 0.2) is 30.3 Å². The van der Waals surface area contributed by atoms with Crippen LogP contribution >= 0.6 is 0 Å². The van der Waals surface area contributed by atoms with E-state index < -0.39 is 5.54 Å². The van der Waals surface area contributed by atoms with Gasteiger partial charge in [0.25, 0.3) is 5.91 Å². The molecule has 1 spiro atoms. The number of likely N-dealkylation sites (tertiary alicyclic amines) is 1. The maximum Gasteiger partial charge on any atom is 0.250 e. The molecule has 0 saturated carbocycles. The van der Waals surface area contributed by atoms with Crippen molar-refractivity contribution in [2.24, 2.45) is 11.8 Å². The molecule has 0 bridgehead atoms. The summed E-state index contributed by atoms with van der Waals surface area (Å²) in [5, 5.41) is 3.44. The molecular formula is C24H35N7O3. The quantitative estimate of drug-likeness (QED) is 0.542. The normalized spacial score (nSPS) is 28.4. The van der Waals surface area contributed by atoms with Gasteiger partial charge in [0.15, 0.2) is 0 Å². The molecule has 1 aromatic carbocycles. The predicted molar refractivity (Wildman–Crippen MR) is 127 cm³/mol. The van der Waals surface area contributed by atoms with Crippen LogP contribution in [0.2, 0.25) is 0 Å². The van der Waals surface area contributed by atoms with Gasteiger partial charge >= 0.3 is 0 Å². The molecule has 0 aromatic heterocycles. The molecule has 5 rings (SSSR count). The fourth-order valence-corrected chi connectivity index (χ4v) is 5.86. The van der Waals surface area contributed by atoms with Crippen LogP contribution in [0.1, 0.15) is 19.3 Å². The molecule has 3 N–H and O–H groups in total. The maximum atomic E-state index is 13.7. The third-order valence-electron chi connectivity index (χ3n) is 7.92. The van der Waals surface area contributed by atoms with Gasteiger partial charge in [-0.15, -0.1) is 0 Å². The molecule has 34 heavy (non-hydrogen) atoms. The van der Waals surface area contributed by atoms with Gasteiger partial charge in [-0.1, -0.05) is 18.2 Å². The van der Waals surface area contributed by atoms with E-state index in [1.54, 1.807) is 19.0 Å². The average Bonchev–Trinajstić information content (AvgIpc) is 3.43. The van der Waals surface area contributed by atoms with Crippen molar-refractivity contribution in [3.8, 4) is 0 Å². The molecule has 0 aliphatic carbocycles. The Morgan fingerprint density at radius 2 is 1.85 bits per heavy atom. The number of fused-ring (bicyclic) bond motifs is 1. The van der Waals surface area contributed by atoms with E-state index >= 15 is 0 Å². The minimum atomic E-state index is -0.722. The number of likely N-dealkylation sites (N-methyl/N-ethyl adjacent to an activating group) is 1. The molecule has 1 aromatic rings. The predicted octanol–water partition coefficient (Wildman–Crippen LogP) is -0.598. The Labute approximate surface area is 200 Å². The summed E-state index contributed by atoms with van der Waals surface area (Å²) in [4.78, 5) is 46.7. The smallest absolute Gasteiger partial charge is 0.250 e. The molecule has 3 atom stereocenters. The van der Waals surface area contributed by atoms with Crippen LogP contribution in [0.3, 0.4) is 0 Å². The van der Waals surface area contributed by atoms with E-state index in [2.05, 4.69) is 21.1 Å². The second-order valence-electron chi connectivity index (χ2n) is 10.2. The second-order valence-corrected chi connectivity index (χ2v) is 10.2. The van der Waals surface area contributed by atoms with Crippen LogP contribution < -0.4 is 21.1 Å². The Morgan fingerprint density at radius 3 is 2.56 bits per heavy atom. The number of carbonyl (C=O) groups excluding carboxylic acids is 3. The van der Waals surface area contributed by atoms with E-state index in [1.165, 1.54) is 4.90 Å². The van der Waals surface area contributed by atoms with Crippen molar-refractivity contribution in [1.82, 2.24) is 30.9 Å². The number of nitrogens with one attached hydrogen (secondary N) is 3. The Kier molecular flexibility index (Phi) is 6.22. The minimum Gasteiger partial charge on any atom is -0.347 e. The number of hydrogen-bond donors (Lipinski definition) is 3.